The number of ether oxygens (including phenoxy) is 2. The van der Waals surface area contributed by atoms with E-state index in [1.165, 1.54) is 32.1 Å². The second-order valence-electron chi connectivity index (χ2n) is 8.79. The molecule has 0 bridgehead atoms. The largest absolute Gasteiger partial charge is 0.462 e. The van der Waals surface area contributed by atoms with Crippen LogP contribution in [0, 0.1) is 11.3 Å². The topological polar surface area (TPSA) is 81.7 Å². The molecular formula is C21H31NO5S. The zero-order valence-corrected chi connectivity index (χ0v) is 18.7. The summed E-state index contributed by atoms with van der Waals surface area (Å²) in [5, 5.41) is 3.28. The smallest absolute Gasteiger partial charge is 0.341 e. The normalized spacial score (nSPS) is 16.9. The predicted molar refractivity (Wildman–Crippen MR) is 110 cm³/mol. The Kier molecular flexibility index (Phi) is 6.58. The number of carbonyl (C=O) groups is 3. The van der Waals surface area contributed by atoms with Crippen LogP contribution < -0.4 is 5.32 Å². The molecule has 28 heavy (non-hydrogen) atoms. The Balaban J connectivity index is 2.38. The fraction of sp³-hybridized carbons (Fsp3) is 0.667. The number of hydrogen-bond donors (Lipinski definition) is 1. The van der Waals surface area contributed by atoms with E-state index in [0.29, 0.717) is 16.5 Å². The van der Waals surface area contributed by atoms with Gasteiger partial charge < -0.3 is 14.8 Å². The molecule has 1 unspecified atom stereocenters. The standard InChI is InChI=1S/C21H31NO5S/c1-8-26-18(24)16-14-10-9-13(20(3,4)5)11-15(14)28-17(16)22-19(25)21(6,7)27-12(2)23/h13H,8-11H2,1-7H3,(H,22,25). The van der Waals surface area contributed by atoms with Gasteiger partial charge in [-0.25, -0.2) is 4.79 Å². The van der Waals surface area contributed by atoms with Gasteiger partial charge in [-0.2, -0.15) is 0 Å². The Morgan fingerprint density at radius 1 is 1.18 bits per heavy atom. The number of thiophene rings is 1. The first-order valence-electron chi connectivity index (χ1n) is 9.69. The third kappa shape index (κ3) is 4.93. The summed E-state index contributed by atoms with van der Waals surface area (Å²) < 4.78 is 10.4. The van der Waals surface area contributed by atoms with E-state index >= 15 is 0 Å². The molecule has 6 nitrogen and oxygen atoms in total. The van der Waals surface area contributed by atoms with Gasteiger partial charge in [0, 0.05) is 11.8 Å². The first-order chi connectivity index (χ1) is 12.9. The highest BCUT2D eigenvalue weighted by Crippen LogP contribution is 2.44. The van der Waals surface area contributed by atoms with E-state index in [9.17, 15) is 14.4 Å². The molecule has 0 spiro atoms. The number of amides is 1. The van der Waals surface area contributed by atoms with Crippen molar-refractivity contribution in [1.82, 2.24) is 0 Å². The summed E-state index contributed by atoms with van der Waals surface area (Å²) in [6.07, 6.45) is 2.65. The van der Waals surface area contributed by atoms with Gasteiger partial charge in [-0.05, 0) is 56.9 Å². The number of nitrogens with one attached hydrogen (secondary N) is 1. The van der Waals surface area contributed by atoms with Gasteiger partial charge in [-0.15, -0.1) is 11.3 Å². The Morgan fingerprint density at radius 3 is 2.36 bits per heavy atom. The van der Waals surface area contributed by atoms with E-state index in [1.54, 1.807) is 6.92 Å². The first kappa shape index (κ1) is 22.4. The molecule has 0 saturated carbocycles. The number of anilines is 1. The third-order valence-corrected chi connectivity index (χ3v) is 6.31. The molecule has 1 aromatic heterocycles. The fourth-order valence-corrected chi connectivity index (χ4v) is 4.80. The van der Waals surface area contributed by atoms with Crippen LogP contribution in [0.15, 0.2) is 0 Å². The van der Waals surface area contributed by atoms with E-state index in [1.807, 2.05) is 0 Å². The van der Waals surface area contributed by atoms with Crippen LogP contribution in [0.5, 0.6) is 0 Å². The minimum absolute atomic E-state index is 0.173. The third-order valence-electron chi connectivity index (χ3n) is 5.14. The van der Waals surface area contributed by atoms with Crippen LogP contribution in [0.3, 0.4) is 0 Å². The molecule has 0 fully saturated rings. The Bertz CT molecular complexity index is 772. The molecule has 1 atom stereocenters. The number of rotatable bonds is 5. The Labute approximate surface area is 171 Å². The molecule has 1 N–H and O–H groups in total. The summed E-state index contributed by atoms with van der Waals surface area (Å²) >= 11 is 1.43. The first-order valence-corrected chi connectivity index (χ1v) is 10.5. The molecule has 0 aromatic carbocycles. The van der Waals surface area contributed by atoms with Crippen molar-refractivity contribution >= 4 is 34.2 Å². The molecule has 0 radical (unpaired) electrons. The Morgan fingerprint density at radius 2 is 1.82 bits per heavy atom. The van der Waals surface area contributed by atoms with E-state index in [2.05, 4.69) is 26.1 Å². The highest BCUT2D eigenvalue weighted by molar-refractivity contribution is 7.17. The van der Waals surface area contributed by atoms with Gasteiger partial charge in [0.25, 0.3) is 5.91 Å². The molecule has 1 aromatic rings. The molecule has 0 saturated heterocycles. The van der Waals surface area contributed by atoms with Gasteiger partial charge in [0.15, 0.2) is 5.60 Å². The van der Waals surface area contributed by atoms with Gasteiger partial charge in [0.1, 0.15) is 5.00 Å². The lowest BCUT2D eigenvalue weighted by Crippen LogP contribution is -2.41. The number of esters is 2. The molecule has 2 rings (SSSR count). The minimum Gasteiger partial charge on any atom is -0.462 e. The van der Waals surface area contributed by atoms with Gasteiger partial charge in [-0.3, -0.25) is 9.59 Å². The highest BCUT2D eigenvalue weighted by atomic mass is 32.1. The van der Waals surface area contributed by atoms with Gasteiger partial charge in [0.05, 0.1) is 12.2 Å². The molecule has 7 heteroatoms. The van der Waals surface area contributed by atoms with Crippen LogP contribution in [0.4, 0.5) is 5.00 Å². The van der Waals surface area contributed by atoms with Crippen LogP contribution in [0.1, 0.15) is 75.7 Å². The molecule has 156 valence electrons. The van der Waals surface area contributed by atoms with Crippen LogP contribution in [-0.4, -0.2) is 30.1 Å². The fourth-order valence-electron chi connectivity index (χ4n) is 3.49. The second-order valence-corrected chi connectivity index (χ2v) is 9.90. The van der Waals surface area contributed by atoms with Crippen LogP contribution in [-0.2, 0) is 31.9 Å². The Hall–Kier alpha value is -1.89. The average molecular weight is 410 g/mol. The molecule has 0 aliphatic heterocycles. The molecular weight excluding hydrogens is 378 g/mol. The van der Waals surface area contributed by atoms with Crippen molar-refractivity contribution in [1.29, 1.82) is 0 Å². The number of hydrogen-bond acceptors (Lipinski definition) is 6. The van der Waals surface area contributed by atoms with Crippen LogP contribution in [0.25, 0.3) is 0 Å². The lowest BCUT2D eigenvalue weighted by Gasteiger charge is -2.33. The van der Waals surface area contributed by atoms with Crippen LogP contribution >= 0.6 is 11.3 Å². The lowest BCUT2D eigenvalue weighted by molar-refractivity contribution is -0.160. The maximum absolute atomic E-state index is 12.7. The number of fused-ring (bicyclic) bond motifs is 1. The second kappa shape index (κ2) is 8.23. The van der Waals surface area contributed by atoms with Crippen LogP contribution in [0.2, 0.25) is 0 Å². The van der Waals surface area contributed by atoms with Crippen molar-refractivity contribution < 1.29 is 23.9 Å². The minimum atomic E-state index is -1.34. The van der Waals surface area contributed by atoms with E-state index in [0.717, 1.165) is 29.7 Å². The molecule has 1 amide bonds. The summed E-state index contributed by atoms with van der Waals surface area (Å²) in [6.45, 7) is 13.0. The summed E-state index contributed by atoms with van der Waals surface area (Å²) in [5.74, 6) is -0.923. The highest BCUT2D eigenvalue weighted by Gasteiger charge is 2.37. The van der Waals surface area contributed by atoms with Crippen molar-refractivity contribution in [2.75, 3.05) is 11.9 Å². The molecule has 1 heterocycles. The predicted octanol–water partition coefficient (Wildman–Crippen LogP) is 4.36. The van der Waals surface area contributed by atoms with E-state index in [4.69, 9.17) is 9.47 Å². The summed E-state index contributed by atoms with van der Waals surface area (Å²) in [4.78, 5) is 37.8. The lowest BCUT2D eigenvalue weighted by atomic mass is 9.72. The van der Waals surface area contributed by atoms with Crippen molar-refractivity contribution in [3.05, 3.63) is 16.0 Å². The maximum Gasteiger partial charge on any atom is 0.341 e. The van der Waals surface area contributed by atoms with Crippen molar-refractivity contribution in [2.24, 2.45) is 11.3 Å². The summed E-state index contributed by atoms with van der Waals surface area (Å²) in [7, 11) is 0. The summed E-state index contributed by atoms with van der Waals surface area (Å²) in [6, 6.07) is 0. The maximum atomic E-state index is 12.7. The van der Waals surface area contributed by atoms with E-state index in [-0.39, 0.29) is 12.0 Å². The number of carbonyl (C=O) groups excluding carboxylic acids is 3. The van der Waals surface area contributed by atoms with Crippen molar-refractivity contribution in [3.8, 4) is 0 Å². The summed E-state index contributed by atoms with van der Waals surface area (Å²) in [5.41, 5.74) is 0.258. The van der Waals surface area contributed by atoms with Gasteiger partial charge in [-0.1, -0.05) is 20.8 Å². The molecule has 1 aliphatic carbocycles. The van der Waals surface area contributed by atoms with Crippen molar-refractivity contribution in [2.45, 2.75) is 73.3 Å². The monoisotopic (exact) mass is 409 g/mol. The SMILES string of the molecule is CCOC(=O)c1c(NC(=O)C(C)(C)OC(C)=O)sc2c1CCC(C(C)(C)C)C2. The molecule has 1 aliphatic rings. The zero-order chi connectivity index (χ0) is 21.3. The zero-order valence-electron chi connectivity index (χ0n) is 17.9. The van der Waals surface area contributed by atoms with Crippen molar-refractivity contribution in [3.63, 3.8) is 0 Å². The average Bonchev–Trinajstić information content (AvgIpc) is 2.89. The van der Waals surface area contributed by atoms with E-state index < -0.39 is 23.4 Å². The van der Waals surface area contributed by atoms with Gasteiger partial charge >= 0.3 is 11.9 Å². The van der Waals surface area contributed by atoms with Gasteiger partial charge in [0.2, 0.25) is 0 Å². The quantitative estimate of drug-likeness (QED) is 0.731.